The quantitative estimate of drug-likeness (QED) is 0.123. The molecule has 210 valence electrons. The third-order valence-corrected chi connectivity index (χ3v) is 7.75. The molecule has 1 amide bonds. The van der Waals surface area contributed by atoms with Gasteiger partial charge in [0.15, 0.2) is 10.9 Å². The number of anilines is 1. The Labute approximate surface area is 238 Å². The van der Waals surface area contributed by atoms with Crippen LogP contribution in [0.4, 0.5) is 5.13 Å². The summed E-state index contributed by atoms with van der Waals surface area (Å²) in [5.74, 6) is -0.462. The first-order chi connectivity index (χ1) is 19.1. The number of aromatic nitrogens is 1. The first kappa shape index (κ1) is 29.0. The van der Waals surface area contributed by atoms with Crippen molar-refractivity contribution in [1.82, 2.24) is 4.98 Å². The van der Waals surface area contributed by atoms with Gasteiger partial charge < -0.3 is 14.6 Å². The zero-order valence-corrected chi connectivity index (χ0v) is 24.2. The number of carbonyl (C=O) groups excluding carboxylic acids is 3. The number of aryl methyl sites for hydroxylation is 1. The van der Waals surface area contributed by atoms with Gasteiger partial charge in [-0.25, -0.2) is 4.98 Å². The van der Waals surface area contributed by atoms with Crippen LogP contribution in [0.2, 0.25) is 0 Å². The molecule has 4 rings (SSSR count). The minimum Gasteiger partial charge on any atom is -0.507 e. The van der Waals surface area contributed by atoms with E-state index in [1.165, 1.54) is 11.8 Å². The molecule has 3 aromatic rings. The number of benzene rings is 2. The number of rotatable bonds is 11. The molecule has 2 heterocycles. The lowest BCUT2D eigenvalue weighted by atomic mass is 9.95. The lowest BCUT2D eigenvalue weighted by Crippen LogP contribution is -2.29. The lowest BCUT2D eigenvalue weighted by molar-refractivity contribution is -0.132. The van der Waals surface area contributed by atoms with Crippen LogP contribution in [0.5, 0.6) is 11.5 Å². The molecule has 2 aromatic carbocycles. The van der Waals surface area contributed by atoms with Crippen LogP contribution in [0.3, 0.4) is 0 Å². The van der Waals surface area contributed by atoms with Crippen molar-refractivity contribution in [2.24, 2.45) is 5.92 Å². The molecule has 1 aliphatic heterocycles. The fourth-order valence-corrected chi connectivity index (χ4v) is 5.42. The van der Waals surface area contributed by atoms with E-state index in [0.29, 0.717) is 52.3 Å². The fraction of sp³-hybridized carbons (Fsp3) is 0.355. The average Bonchev–Trinajstić information content (AvgIpc) is 3.44. The van der Waals surface area contributed by atoms with Crippen molar-refractivity contribution >= 4 is 39.7 Å². The summed E-state index contributed by atoms with van der Waals surface area (Å²) in [6.45, 7) is 10.4. The van der Waals surface area contributed by atoms with Gasteiger partial charge in [-0.3, -0.25) is 19.3 Å². The molecule has 0 aliphatic carbocycles. The average molecular weight is 563 g/mol. The highest BCUT2D eigenvalue weighted by atomic mass is 32.1. The number of carbonyl (C=O) groups is 3. The maximum atomic E-state index is 13.5. The summed E-state index contributed by atoms with van der Waals surface area (Å²) in [5, 5.41) is 11.6. The fourth-order valence-electron chi connectivity index (χ4n) is 4.43. The number of nitrogens with zero attached hydrogens (tertiary/aromatic N) is 2. The highest BCUT2D eigenvalue weighted by Crippen LogP contribution is 2.44. The van der Waals surface area contributed by atoms with E-state index < -0.39 is 17.7 Å². The lowest BCUT2D eigenvalue weighted by Gasteiger charge is -2.23. The molecule has 1 N–H and O–H groups in total. The number of hydrogen-bond acceptors (Lipinski definition) is 8. The van der Waals surface area contributed by atoms with E-state index >= 15 is 0 Å². The maximum absolute atomic E-state index is 13.5. The minimum atomic E-state index is -0.977. The number of amides is 1. The van der Waals surface area contributed by atoms with Crippen molar-refractivity contribution in [3.63, 3.8) is 0 Å². The molecular weight excluding hydrogens is 528 g/mol. The summed E-state index contributed by atoms with van der Waals surface area (Å²) in [4.78, 5) is 45.3. The molecule has 8 nitrogen and oxygen atoms in total. The standard InChI is InChI=1S/C31H34N2O6S/c1-6-15-38-23-12-10-21(11-13-23)27(35)25-26(22-8-7-9-24(17-22)39-16-14-18(2)3)33(30(37)28(25)36)31-32-19(4)29(40-31)20(5)34/h7-13,17-18,26,35H,6,14-16H2,1-5H3. The van der Waals surface area contributed by atoms with Gasteiger partial charge in [0.25, 0.3) is 5.78 Å². The smallest absolute Gasteiger partial charge is 0.301 e. The highest BCUT2D eigenvalue weighted by molar-refractivity contribution is 7.18. The Balaban J connectivity index is 1.83. The first-order valence-electron chi connectivity index (χ1n) is 13.4. The van der Waals surface area contributed by atoms with E-state index in [0.717, 1.165) is 24.2 Å². The normalized spacial score (nSPS) is 16.6. The molecule has 1 saturated heterocycles. The van der Waals surface area contributed by atoms with Gasteiger partial charge in [0, 0.05) is 12.5 Å². The summed E-state index contributed by atoms with van der Waals surface area (Å²) >= 11 is 1.05. The van der Waals surface area contributed by atoms with E-state index in [4.69, 9.17) is 9.47 Å². The third kappa shape index (κ3) is 6.09. The van der Waals surface area contributed by atoms with E-state index in [1.807, 2.05) is 13.0 Å². The van der Waals surface area contributed by atoms with Crippen molar-refractivity contribution in [2.75, 3.05) is 18.1 Å². The maximum Gasteiger partial charge on any atom is 0.301 e. The number of aliphatic hydroxyl groups is 1. The van der Waals surface area contributed by atoms with Crippen molar-refractivity contribution in [3.05, 3.63) is 75.8 Å². The topological polar surface area (TPSA) is 106 Å². The number of ketones is 2. The van der Waals surface area contributed by atoms with Gasteiger partial charge in [0.1, 0.15) is 17.3 Å². The number of aliphatic hydroxyl groups excluding tert-OH is 1. The van der Waals surface area contributed by atoms with Crippen LogP contribution in [0.15, 0.2) is 54.1 Å². The van der Waals surface area contributed by atoms with Gasteiger partial charge in [-0.1, -0.05) is 44.2 Å². The van der Waals surface area contributed by atoms with Crippen molar-refractivity contribution in [1.29, 1.82) is 0 Å². The van der Waals surface area contributed by atoms with Gasteiger partial charge in [-0.05, 0) is 67.6 Å². The van der Waals surface area contributed by atoms with Gasteiger partial charge in [-0.2, -0.15) is 0 Å². The molecule has 1 aliphatic rings. The summed E-state index contributed by atoms with van der Waals surface area (Å²) in [6.07, 6.45) is 1.72. The van der Waals surface area contributed by atoms with E-state index in [9.17, 15) is 19.5 Å². The van der Waals surface area contributed by atoms with Crippen LogP contribution >= 0.6 is 11.3 Å². The highest BCUT2D eigenvalue weighted by Gasteiger charge is 2.48. The van der Waals surface area contributed by atoms with Crippen molar-refractivity contribution < 1.29 is 29.0 Å². The van der Waals surface area contributed by atoms with Crippen molar-refractivity contribution in [3.8, 4) is 11.5 Å². The molecule has 0 radical (unpaired) electrons. The number of ether oxygens (including phenoxy) is 2. The molecule has 40 heavy (non-hydrogen) atoms. The molecule has 9 heteroatoms. The molecule has 0 spiro atoms. The van der Waals surface area contributed by atoms with Crippen LogP contribution in [0, 0.1) is 12.8 Å². The third-order valence-electron chi connectivity index (χ3n) is 6.49. The number of hydrogen-bond donors (Lipinski definition) is 1. The SMILES string of the molecule is CCCOc1ccc(C(O)=C2C(=O)C(=O)N(c3nc(C)c(C(C)=O)s3)C2c2cccc(OCCC(C)C)c2)cc1. The van der Waals surface area contributed by atoms with Gasteiger partial charge >= 0.3 is 5.91 Å². The van der Waals surface area contributed by atoms with Gasteiger partial charge in [0.05, 0.1) is 35.4 Å². The van der Waals surface area contributed by atoms with Crippen molar-refractivity contribution in [2.45, 2.75) is 53.5 Å². The van der Waals surface area contributed by atoms with Gasteiger partial charge in [0.2, 0.25) is 0 Å². The predicted octanol–water partition coefficient (Wildman–Crippen LogP) is 6.49. The minimum absolute atomic E-state index is 0.0659. The second-order valence-corrected chi connectivity index (χ2v) is 11.1. The molecule has 0 saturated carbocycles. The Bertz CT molecular complexity index is 1440. The summed E-state index contributed by atoms with van der Waals surface area (Å²) < 4.78 is 11.6. The molecule has 1 fully saturated rings. The Hall–Kier alpha value is -3.98. The first-order valence-corrected chi connectivity index (χ1v) is 14.2. The molecular formula is C31H34N2O6S. The molecule has 1 atom stereocenters. The number of thiazole rings is 1. The van der Waals surface area contributed by atoms with Crippen LogP contribution in [-0.2, 0) is 9.59 Å². The van der Waals surface area contributed by atoms with E-state index in [1.54, 1.807) is 49.4 Å². The van der Waals surface area contributed by atoms with Crippen LogP contribution in [0.1, 0.15) is 73.1 Å². The monoisotopic (exact) mass is 562 g/mol. The second kappa shape index (κ2) is 12.5. The Morgan fingerprint density at radius 1 is 1.07 bits per heavy atom. The zero-order chi connectivity index (χ0) is 29.0. The molecule has 0 bridgehead atoms. The van der Waals surface area contributed by atoms with Crippen LogP contribution in [0.25, 0.3) is 5.76 Å². The summed E-state index contributed by atoms with van der Waals surface area (Å²) in [7, 11) is 0. The Morgan fingerprint density at radius 3 is 2.40 bits per heavy atom. The Kier molecular flexibility index (Phi) is 9.04. The summed E-state index contributed by atoms with van der Waals surface area (Å²) in [5.41, 5.74) is 1.35. The number of Topliss-reactive ketones (excluding diaryl/α,β-unsaturated/α-hetero) is 2. The van der Waals surface area contributed by atoms with E-state index in [-0.39, 0.29) is 22.2 Å². The zero-order valence-electron chi connectivity index (χ0n) is 23.4. The largest absolute Gasteiger partial charge is 0.507 e. The van der Waals surface area contributed by atoms with Gasteiger partial charge in [-0.15, -0.1) is 0 Å². The second-order valence-electron chi connectivity index (χ2n) is 10.1. The van der Waals surface area contributed by atoms with E-state index in [2.05, 4.69) is 18.8 Å². The summed E-state index contributed by atoms with van der Waals surface area (Å²) in [6, 6.07) is 12.9. The van der Waals surface area contributed by atoms with Crippen LogP contribution < -0.4 is 14.4 Å². The van der Waals surface area contributed by atoms with Crippen LogP contribution in [-0.4, -0.2) is 40.8 Å². The Morgan fingerprint density at radius 2 is 1.77 bits per heavy atom. The predicted molar refractivity (Wildman–Crippen MR) is 155 cm³/mol. The molecule has 1 unspecified atom stereocenters. The molecule has 1 aromatic heterocycles.